The summed E-state index contributed by atoms with van der Waals surface area (Å²) >= 11 is 0. The zero-order valence-electron chi connectivity index (χ0n) is 20.1. The molecular formula is C25H26F4N2O5S. The SMILES string of the molecule is C[C@@H]1CC[C@H](C(=O)N[C@@H](c2ccc(C(F)(F)F)cc2F)C2COC2)N1C(=O)c1cccc(S(C)(=O)=O)c1. The molecule has 0 spiro atoms. The predicted molar refractivity (Wildman–Crippen MR) is 125 cm³/mol. The number of nitrogens with one attached hydrogen (secondary N) is 1. The van der Waals surface area contributed by atoms with Gasteiger partial charge in [0.15, 0.2) is 9.84 Å². The van der Waals surface area contributed by atoms with Gasteiger partial charge in [-0.1, -0.05) is 12.1 Å². The Morgan fingerprint density at radius 2 is 1.81 bits per heavy atom. The third kappa shape index (κ3) is 5.64. The number of hydrogen-bond acceptors (Lipinski definition) is 5. The smallest absolute Gasteiger partial charge is 0.381 e. The Morgan fingerprint density at radius 3 is 2.38 bits per heavy atom. The molecule has 12 heteroatoms. The van der Waals surface area contributed by atoms with Crippen LogP contribution in [0.25, 0.3) is 0 Å². The first kappa shape index (κ1) is 27.1. The topological polar surface area (TPSA) is 92.8 Å². The lowest BCUT2D eigenvalue weighted by Crippen LogP contribution is -2.51. The molecule has 3 atom stereocenters. The molecule has 0 aromatic heterocycles. The van der Waals surface area contributed by atoms with Crippen LogP contribution in [0.15, 0.2) is 47.4 Å². The van der Waals surface area contributed by atoms with Gasteiger partial charge in [-0.2, -0.15) is 13.2 Å². The molecule has 2 aromatic carbocycles. The first-order chi connectivity index (χ1) is 17.3. The van der Waals surface area contributed by atoms with Crippen LogP contribution in [0.3, 0.4) is 0 Å². The van der Waals surface area contributed by atoms with Crippen molar-refractivity contribution in [3.63, 3.8) is 0 Å². The highest BCUT2D eigenvalue weighted by Crippen LogP contribution is 2.35. The molecule has 2 aromatic rings. The Morgan fingerprint density at radius 1 is 1.11 bits per heavy atom. The fourth-order valence-corrected chi connectivity index (χ4v) is 5.36. The lowest BCUT2D eigenvalue weighted by atomic mass is 9.90. The van der Waals surface area contributed by atoms with E-state index in [1.165, 1.54) is 29.2 Å². The molecule has 2 amide bonds. The van der Waals surface area contributed by atoms with Gasteiger partial charge in [0, 0.05) is 29.3 Å². The molecule has 2 fully saturated rings. The molecule has 0 saturated carbocycles. The summed E-state index contributed by atoms with van der Waals surface area (Å²) in [7, 11) is -3.56. The first-order valence-corrected chi connectivity index (χ1v) is 13.5. The van der Waals surface area contributed by atoms with Crippen LogP contribution in [0.4, 0.5) is 17.6 Å². The lowest BCUT2D eigenvalue weighted by Gasteiger charge is -2.36. The quantitative estimate of drug-likeness (QED) is 0.562. The fraction of sp³-hybridized carbons (Fsp3) is 0.440. The van der Waals surface area contributed by atoms with Crippen LogP contribution in [0.1, 0.15) is 47.3 Å². The van der Waals surface area contributed by atoms with Crippen molar-refractivity contribution in [2.75, 3.05) is 19.5 Å². The Bertz CT molecular complexity index is 1310. The second-order valence-electron chi connectivity index (χ2n) is 9.47. The minimum Gasteiger partial charge on any atom is -0.381 e. The number of likely N-dealkylation sites (tertiary alicyclic amines) is 1. The summed E-state index contributed by atoms with van der Waals surface area (Å²) in [5, 5.41) is 2.74. The molecule has 2 aliphatic heterocycles. The summed E-state index contributed by atoms with van der Waals surface area (Å²) in [5.41, 5.74) is -1.13. The second-order valence-corrected chi connectivity index (χ2v) is 11.5. The molecule has 2 saturated heterocycles. The number of hydrogen-bond donors (Lipinski definition) is 1. The molecular weight excluding hydrogens is 516 g/mol. The van der Waals surface area contributed by atoms with E-state index in [-0.39, 0.29) is 41.2 Å². The maximum atomic E-state index is 14.8. The maximum Gasteiger partial charge on any atom is 0.416 e. The number of nitrogens with zero attached hydrogens (tertiary/aromatic N) is 1. The molecule has 2 aliphatic rings. The van der Waals surface area contributed by atoms with Gasteiger partial charge in [-0.05, 0) is 50.1 Å². The van der Waals surface area contributed by atoms with Crippen molar-refractivity contribution >= 4 is 21.7 Å². The third-order valence-electron chi connectivity index (χ3n) is 6.81. The standard InChI is InChI=1S/C25H26F4N2O5S/c1-14-6-9-21(31(14)24(33)15-4-3-5-18(10-15)37(2,34)35)23(32)30-22(16-12-36-13-16)19-8-7-17(11-20(19)26)25(27,28)29/h3-5,7-8,10-11,14,16,21-22H,6,9,12-13H2,1-2H3,(H,30,32)/t14-,21-,22-/m1/s1. The van der Waals surface area contributed by atoms with E-state index in [0.29, 0.717) is 18.9 Å². The van der Waals surface area contributed by atoms with Crippen molar-refractivity contribution < 1.29 is 40.3 Å². The summed E-state index contributed by atoms with van der Waals surface area (Å²) in [6.45, 7) is 2.14. The first-order valence-electron chi connectivity index (χ1n) is 11.6. The molecule has 0 radical (unpaired) electrons. The van der Waals surface area contributed by atoms with Gasteiger partial charge in [0.1, 0.15) is 11.9 Å². The zero-order valence-corrected chi connectivity index (χ0v) is 20.9. The van der Waals surface area contributed by atoms with Crippen LogP contribution in [0, 0.1) is 11.7 Å². The maximum absolute atomic E-state index is 14.8. The summed E-state index contributed by atoms with van der Waals surface area (Å²) in [4.78, 5) is 28.1. The van der Waals surface area contributed by atoms with E-state index in [9.17, 15) is 35.6 Å². The van der Waals surface area contributed by atoms with Crippen LogP contribution in [-0.2, 0) is 25.5 Å². The summed E-state index contributed by atoms with van der Waals surface area (Å²) in [6, 6.07) is 5.49. The Kier molecular flexibility index (Phi) is 7.35. The van der Waals surface area contributed by atoms with Gasteiger partial charge in [-0.25, -0.2) is 12.8 Å². The van der Waals surface area contributed by atoms with Crippen LogP contribution in [0.2, 0.25) is 0 Å². The number of amides is 2. The van der Waals surface area contributed by atoms with Gasteiger partial charge in [0.25, 0.3) is 5.91 Å². The van der Waals surface area contributed by atoms with Gasteiger partial charge < -0.3 is 15.0 Å². The van der Waals surface area contributed by atoms with E-state index >= 15 is 0 Å². The molecule has 7 nitrogen and oxygen atoms in total. The number of halogens is 4. The Hall–Kier alpha value is -2.99. The van der Waals surface area contributed by atoms with Crippen molar-refractivity contribution in [2.45, 2.75) is 49.0 Å². The number of carbonyl (C=O) groups is 2. The van der Waals surface area contributed by atoms with E-state index in [4.69, 9.17) is 4.74 Å². The van der Waals surface area contributed by atoms with Crippen LogP contribution >= 0.6 is 0 Å². The molecule has 0 unspecified atom stereocenters. The number of rotatable bonds is 6. The summed E-state index contributed by atoms with van der Waals surface area (Å²) in [6.07, 6.45) is -2.88. The van der Waals surface area contributed by atoms with E-state index in [1.807, 2.05) is 0 Å². The van der Waals surface area contributed by atoms with Gasteiger partial charge in [-0.15, -0.1) is 0 Å². The number of benzene rings is 2. The number of ether oxygens (including phenoxy) is 1. The number of sulfone groups is 1. The van der Waals surface area contributed by atoms with Crippen LogP contribution in [-0.4, -0.2) is 56.7 Å². The number of alkyl halides is 3. The Balaban J connectivity index is 1.59. The molecule has 200 valence electrons. The van der Waals surface area contributed by atoms with Crippen LogP contribution < -0.4 is 5.32 Å². The average molecular weight is 543 g/mol. The van der Waals surface area contributed by atoms with E-state index < -0.39 is 51.3 Å². The molecule has 37 heavy (non-hydrogen) atoms. The predicted octanol–water partition coefficient (Wildman–Crippen LogP) is 3.75. The van der Waals surface area contributed by atoms with E-state index in [1.54, 1.807) is 6.92 Å². The monoisotopic (exact) mass is 542 g/mol. The normalized spacial score (nSPS) is 21.4. The summed E-state index contributed by atoms with van der Waals surface area (Å²) < 4.78 is 82.9. The third-order valence-corrected chi connectivity index (χ3v) is 7.92. The van der Waals surface area contributed by atoms with Crippen molar-refractivity contribution in [1.82, 2.24) is 10.2 Å². The molecule has 2 heterocycles. The number of carbonyl (C=O) groups excluding carboxylic acids is 2. The van der Waals surface area contributed by atoms with Gasteiger partial charge in [0.05, 0.1) is 29.7 Å². The summed E-state index contributed by atoms with van der Waals surface area (Å²) in [5.74, 6) is -2.56. The zero-order chi connectivity index (χ0) is 27.1. The minimum absolute atomic E-state index is 0.0333. The highest BCUT2D eigenvalue weighted by Gasteiger charge is 2.42. The van der Waals surface area contributed by atoms with Gasteiger partial charge in [-0.3, -0.25) is 9.59 Å². The second kappa shape index (κ2) is 10.1. The largest absolute Gasteiger partial charge is 0.416 e. The van der Waals surface area contributed by atoms with E-state index in [0.717, 1.165) is 18.4 Å². The fourth-order valence-electron chi connectivity index (χ4n) is 4.69. The highest BCUT2D eigenvalue weighted by atomic mass is 32.2. The Labute approximate surface area is 211 Å². The molecule has 0 bridgehead atoms. The molecule has 4 rings (SSSR count). The van der Waals surface area contributed by atoms with Crippen molar-refractivity contribution in [3.05, 3.63) is 65.0 Å². The minimum atomic E-state index is -4.72. The highest BCUT2D eigenvalue weighted by molar-refractivity contribution is 7.90. The van der Waals surface area contributed by atoms with Crippen molar-refractivity contribution in [3.8, 4) is 0 Å². The van der Waals surface area contributed by atoms with Gasteiger partial charge >= 0.3 is 6.18 Å². The van der Waals surface area contributed by atoms with Crippen LogP contribution in [0.5, 0.6) is 0 Å². The lowest BCUT2D eigenvalue weighted by molar-refractivity contribution is -0.138. The average Bonchev–Trinajstić information content (AvgIpc) is 3.17. The van der Waals surface area contributed by atoms with Crippen molar-refractivity contribution in [2.24, 2.45) is 5.92 Å². The molecule has 0 aliphatic carbocycles. The van der Waals surface area contributed by atoms with E-state index in [2.05, 4.69) is 5.32 Å². The molecule has 1 N–H and O–H groups in total. The van der Waals surface area contributed by atoms with Crippen molar-refractivity contribution in [1.29, 1.82) is 0 Å². The van der Waals surface area contributed by atoms with Gasteiger partial charge in [0.2, 0.25) is 5.91 Å².